The topological polar surface area (TPSA) is 120 Å². The van der Waals surface area contributed by atoms with Crippen molar-refractivity contribution in [2.24, 2.45) is 0 Å². The van der Waals surface area contributed by atoms with Crippen LogP contribution >= 0.6 is 0 Å². The molecule has 0 saturated heterocycles. The lowest BCUT2D eigenvalue weighted by Gasteiger charge is -2.14. The molecule has 13 heteroatoms. The van der Waals surface area contributed by atoms with E-state index in [1.807, 2.05) is 0 Å². The van der Waals surface area contributed by atoms with E-state index in [0.29, 0.717) is 33.8 Å². The van der Waals surface area contributed by atoms with Gasteiger partial charge in [0, 0.05) is 23.8 Å². The Morgan fingerprint density at radius 3 is 2.58 bits per heavy atom. The van der Waals surface area contributed by atoms with Gasteiger partial charge >= 0.3 is 6.18 Å². The van der Waals surface area contributed by atoms with Gasteiger partial charge in [0.25, 0.3) is 0 Å². The van der Waals surface area contributed by atoms with E-state index in [1.54, 1.807) is 25.1 Å². The minimum Gasteiger partial charge on any atom is -0.493 e. The molecule has 0 spiro atoms. The molecule has 1 saturated carbocycles. The molecule has 2 aromatic heterocycles. The lowest BCUT2D eigenvalue weighted by atomic mass is 10.0. The summed E-state index contributed by atoms with van der Waals surface area (Å²) in [5, 5.41) is 15.4. The van der Waals surface area contributed by atoms with Gasteiger partial charge in [-0.05, 0) is 31.4 Å². The van der Waals surface area contributed by atoms with Crippen molar-refractivity contribution in [3.63, 3.8) is 0 Å². The highest BCUT2D eigenvalue weighted by atomic mass is 19.4. The van der Waals surface area contributed by atoms with E-state index in [1.165, 1.54) is 25.4 Å². The number of rotatable bonds is 9. The number of methoxy groups -OCH3 is 1. The summed E-state index contributed by atoms with van der Waals surface area (Å²) in [4.78, 5) is 21.3. The number of nitrogens with zero attached hydrogens (tertiary/aromatic N) is 3. The highest BCUT2D eigenvalue weighted by molar-refractivity contribution is 5.91. The Hall–Kier alpha value is -4.26. The zero-order valence-corrected chi connectivity index (χ0v) is 21.4. The Kier molecular flexibility index (Phi) is 7.08. The van der Waals surface area contributed by atoms with Crippen LogP contribution in [0.5, 0.6) is 11.5 Å². The van der Waals surface area contributed by atoms with Gasteiger partial charge in [-0.15, -0.1) is 0 Å². The molecule has 0 unspecified atom stereocenters. The zero-order chi connectivity index (χ0) is 28.7. The second kappa shape index (κ2) is 10.4. The monoisotopic (exact) mass is 560 g/mol. The molecule has 2 aromatic carbocycles. The minimum atomic E-state index is -4.48. The van der Waals surface area contributed by atoms with E-state index < -0.39 is 29.4 Å². The van der Waals surface area contributed by atoms with Gasteiger partial charge in [-0.2, -0.15) is 13.2 Å². The number of aliphatic hydroxyl groups is 1. The second-order valence-electron chi connectivity index (χ2n) is 9.59. The van der Waals surface area contributed by atoms with Gasteiger partial charge in [-0.3, -0.25) is 9.78 Å². The van der Waals surface area contributed by atoms with Crippen LogP contribution in [0.15, 0.2) is 47.1 Å². The number of carbonyl (C=O) groups excluding carboxylic acids is 1. The molecule has 210 valence electrons. The summed E-state index contributed by atoms with van der Waals surface area (Å²) in [6.45, 7) is 1.63. The third-order valence-electron chi connectivity index (χ3n) is 6.55. The van der Waals surface area contributed by atoms with Gasteiger partial charge in [-0.1, -0.05) is 17.3 Å². The largest absolute Gasteiger partial charge is 0.493 e. The molecule has 40 heavy (non-hydrogen) atoms. The molecule has 1 aliphatic rings. The van der Waals surface area contributed by atoms with Crippen LogP contribution in [0.4, 0.5) is 23.4 Å². The number of benzene rings is 2. The van der Waals surface area contributed by atoms with Crippen LogP contribution in [0.1, 0.15) is 31.1 Å². The Labute approximate surface area is 225 Å². The van der Waals surface area contributed by atoms with Crippen molar-refractivity contribution in [3.05, 3.63) is 59.7 Å². The number of fused-ring (bicyclic) bond motifs is 1. The molecule has 1 atom stereocenters. The molecule has 9 nitrogen and oxygen atoms in total. The summed E-state index contributed by atoms with van der Waals surface area (Å²) >= 11 is 0. The fourth-order valence-corrected chi connectivity index (χ4v) is 4.21. The molecule has 1 amide bonds. The van der Waals surface area contributed by atoms with Crippen LogP contribution in [0, 0.1) is 5.82 Å². The van der Waals surface area contributed by atoms with Crippen molar-refractivity contribution < 1.29 is 41.5 Å². The van der Waals surface area contributed by atoms with Crippen molar-refractivity contribution in [1.82, 2.24) is 15.1 Å². The SMILES string of the molecule is COc1cc2ncc(-c3ccc(CC(=O)Nc4cc(C5(C(F)(F)F)CC5)on4)c(F)c3)nc2cc1OC[C@@H](C)O. The number of aliphatic hydroxyl groups excluding tert-OH is 1. The second-order valence-corrected chi connectivity index (χ2v) is 9.59. The number of aromatic nitrogens is 3. The number of alkyl halides is 3. The molecular weight excluding hydrogens is 536 g/mol. The summed E-state index contributed by atoms with van der Waals surface area (Å²) < 4.78 is 70.5. The van der Waals surface area contributed by atoms with Crippen molar-refractivity contribution in [3.8, 4) is 22.8 Å². The summed E-state index contributed by atoms with van der Waals surface area (Å²) in [6, 6.07) is 8.49. The lowest BCUT2D eigenvalue weighted by molar-refractivity contribution is -0.165. The van der Waals surface area contributed by atoms with E-state index in [2.05, 4.69) is 20.4 Å². The summed E-state index contributed by atoms with van der Waals surface area (Å²) in [7, 11) is 1.48. The summed E-state index contributed by atoms with van der Waals surface area (Å²) in [5.74, 6) is -1.11. The minimum absolute atomic E-state index is 0.0430. The van der Waals surface area contributed by atoms with Crippen LogP contribution in [0.3, 0.4) is 0 Å². The molecule has 2 N–H and O–H groups in total. The molecule has 1 aliphatic carbocycles. The number of hydrogen-bond acceptors (Lipinski definition) is 8. The van der Waals surface area contributed by atoms with E-state index in [-0.39, 0.29) is 43.0 Å². The zero-order valence-electron chi connectivity index (χ0n) is 21.4. The summed E-state index contributed by atoms with van der Waals surface area (Å²) in [5.41, 5.74) is -0.267. The fraction of sp³-hybridized carbons (Fsp3) is 0.333. The molecular formula is C27H24F4N4O5. The first-order valence-electron chi connectivity index (χ1n) is 12.3. The number of carbonyl (C=O) groups is 1. The van der Waals surface area contributed by atoms with E-state index in [9.17, 15) is 27.5 Å². The van der Waals surface area contributed by atoms with Crippen molar-refractivity contribution in [2.45, 2.75) is 43.9 Å². The van der Waals surface area contributed by atoms with Crippen molar-refractivity contribution in [1.29, 1.82) is 0 Å². The quantitative estimate of drug-likeness (QED) is 0.276. The van der Waals surface area contributed by atoms with Gasteiger partial charge in [0.05, 0.1) is 42.6 Å². The lowest BCUT2D eigenvalue weighted by Crippen LogP contribution is -2.28. The maximum absolute atomic E-state index is 14.9. The van der Waals surface area contributed by atoms with Crippen LogP contribution in [-0.2, 0) is 16.6 Å². The molecule has 2 heterocycles. The fourth-order valence-electron chi connectivity index (χ4n) is 4.21. The van der Waals surface area contributed by atoms with E-state index >= 15 is 0 Å². The van der Waals surface area contributed by atoms with Gasteiger partial charge in [0.15, 0.2) is 23.1 Å². The molecule has 1 fully saturated rings. The van der Waals surface area contributed by atoms with Gasteiger partial charge in [0.2, 0.25) is 5.91 Å². The number of ether oxygens (including phenoxy) is 2. The standard InChI is InChI=1S/C27H24F4N4O5/c1-14(36)13-39-22-10-19-18(9-21(22)38-2)32-12-20(33-19)16-4-3-15(17(28)7-16)8-25(37)34-24-11-23(40-35-24)26(5-6-26)27(29,30)31/h3-4,7,9-12,14,36H,5-6,8,13H2,1-2H3,(H,34,35,37)/t14-/m1/s1. The van der Waals surface area contributed by atoms with Crippen LogP contribution < -0.4 is 14.8 Å². The van der Waals surface area contributed by atoms with Crippen molar-refractivity contribution in [2.75, 3.05) is 19.0 Å². The Morgan fingerprint density at radius 2 is 1.93 bits per heavy atom. The molecule has 4 aromatic rings. The van der Waals surface area contributed by atoms with Crippen LogP contribution in [0.2, 0.25) is 0 Å². The Balaban J connectivity index is 1.30. The van der Waals surface area contributed by atoms with Crippen LogP contribution in [-0.4, -0.2) is 52.1 Å². The van der Waals surface area contributed by atoms with Crippen LogP contribution in [0.25, 0.3) is 22.3 Å². The number of halogens is 4. The number of amides is 1. The Bertz CT molecular complexity index is 1570. The van der Waals surface area contributed by atoms with Gasteiger partial charge < -0.3 is 24.4 Å². The summed E-state index contributed by atoms with van der Waals surface area (Å²) in [6.07, 6.45) is -4.30. The maximum Gasteiger partial charge on any atom is 0.401 e. The first-order chi connectivity index (χ1) is 19.0. The first-order valence-corrected chi connectivity index (χ1v) is 12.3. The van der Waals surface area contributed by atoms with E-state index in [0.717, 1.165) is 6.07 Å². The highest BCUT2D eigenvalue weighted by Gasteiger charge is 2.66. The number of anilines is 1. The Morgan fingerprint density at radius 1 is 1.18 bits per heavy atom. The average molecular weight is 561 g/mol. The normalized spacial score (nSPS) is 15.1. The third kappa shape index (κ3) is 5.41. The average Bonchev–Trinajstić information content (AvgIpc) is 3.61. The maximum atomic E-state index is 14.9. The molecule has 5 rings (SSSR count). The van der Waals surface area contributed by atoms with E-state index in [4.69, 9.17) is 14.0 Å². The molecule has 0 radical (unpaired) electrons. The number of hydrogen-bond donors (Lipinski definition) is 2. The van der Waals surface area contributed by atoms with Gasteiger partial charge in [-0.25, -0.2) is 9.37 Å². The smallest absolute Gasteiger partial charge is 0.401 e. The van der Waals surface area contributed by atoms with Gasteiger partial charge in [0.1, 0.15) is 17.8 Å². The predicted octanol–water partition coefficient (Wildman–Crippen LogP) is 4.97. The first kappa shape index (κ1) is 27.3. The predicted molar refractivity (Wildman–Crippen MR) is 134 cm³/mol. The molecule has 0 bridgehead atoms. The highest BCUT2D eigenvalue weighted by Crippen LogP contribution is 2.59. The number of nitrogens with one attached hydrogen (secondary N) is 1. The van der Waals surface area contributed by atoms with Crippen molar-refractivity contribution >= 4 is 22.8 Å². The molecule has 0 aliphatic heterocycles. The third-order valence-corrected chi connectivity index (χ3v) is 6.55.